The Balaban J connectivity index is 3.61. The largest absolute Gasteiger partial charge is 0.320 e. The zero-order valence-corrected chi connectivity index (χ0v) is 6.42. The van der Waals surface area contributed by atoms with Crippen molar-refractivity contribution >= 4 is 5.91 Å². The van der Waals surface area contributed by atoms with Gasteiger partial charge >= 0.3 is 0 Å². The summed E-state index contributed by atoms with van der Waals surface area (Å²) in [6.45, 7) is 4.01. The lowest BCUT2D eigenvalue weighted by Gasteiger charge is -2.11. The zero-order chi connectivity index (χ0) is 8.15. The van der Waals surface area contributed by atoms with Gasteiger partial charge in [-0.25, -0.2) is 5.84 Å². The summed E-state index contributed by atoms with van der Waals surface area (Å²) in [6, 6.07) is -0.468. The van der Waals surface area contributed by atoms with Crippen molar-refractivity contribution in [3.63, 3.8) is 0 Å². The molecule has 0 aromatic rings. The predicted octanol–water partition coefficient (Wildman–Crippen LogP) is -0.650. The summed E-state index contributed by atoms with van der Waals surface area (Å²) in [5.41, 5.74) is 7.44. The molecule has 0 heterocycles. The number of amides is 1. The third-order valence-electron chi connectivity index (χ3n) is 1.20. The molecule has 60 valence electrons. The second kappa shape index (κ2) is 4.24. The molecule has 1 atom stereocenters. The topological polar surface area (TPSA) is 81.1 Å². The summed E-state index contributed by atoms with van der Waals surface area (Å²) in [5, 5.41) is 0. The molecule has 0 fully saturated rings. The predicted molar refractivity (Wildman–Crippen MR) is 39.8 cm³/mol. The minimum Gasteiger partial charge on any atom is -0.320 e. The summed E-state index contributed by atoms with van der Waals surface area (Å²) < 4.78 is 0. The van der Waals surface area contributed by atoms with Crippen LogP contribution < -0.4 is 17.0 Å². The first kappa shape index (κ1) is 9.39. The summed E-state index contributed by atoms with van der Waals surface area (Å²) in [7, 11) is 0. The quantitative estimate of drug-likeness (QED) is 0.280. The molecule has 0 saturated carbocycles. The Labute approximate surface area is 60.9 Å². The standard InChI is InChI=1S/C6H15N3O/c1-4(2)3-5(7)6(10)9-8/h4-5H,3,7-8H2,1-2H3,(H,9,10)/t5-/m1/s1. The van der Waals surface area contributed by atoms with Gasteiger partial charge in [-0.2, -0.15) is 0 Å². The first-order valence-electron chi connectivity index (χ1n) is 3.34. The molecule has 0 aliphatic rings. The van der Waals surface area contributed by atoms with Crippen LogP contribution in [0.2, 0.25) is 0 Å². The van der Waals surface area contributed by atoms with E-state index in [2.05, 4.69) is 0 Å². The van der Waals surface area contributed by atoms with Gasteiger partial charge in [0.05, 0.1) is 6.04 Å². The normalized spacial score (nSPS) is 13.3. The van der Waals surface area contributed by atoms with E-state index in [0.29, 0.717) is 12.3 Å². The van der Waals surface area contributed by atoms with Crippen LogP contribution >= 0.6 is 0 Å². The molecule has 1 amide bonds. The Bertz CT molecular complexity index is 114. The summed E-state index contributed by atoms with van der Waals surface area (Å²) in [4.78, 5) is 10.7. The smallest absolute Gasteiger partial charge is 0.250 e. The zero-order valence-electron chi connectivity index (χ0n) is 6.42. The fourth-order valence-corrected chi connectivity index (χ4v) is 0.722. The SMILES string of the molecule is CC(C)C[C@@H](N)C(=O)NN. The molecule has 0 aromatic heterocycles. The molecule has 0 rings (SSSR count). The van der Waals surface area contributed by atoms with E-state index in [4.69, 9.17) is 11.6 Å². The molecular formula is C6H15N3O. The third-order valence-corrected chi connectivity index (χ3v) is 1.20. The van der Waals surface area contributed by atoms with Gasteiger partial charge in [-0.3, -0.25) is 10.2 Å². The number of hydrogen-bond donors (Lipinski definition) is 3. The second-order valence-electron chi connectivity index (χ2n) is 2.74. The second-order valence-corrected chi connectivity index (χ2v) is 2.74. The number of nitrogens with one attached hydrogen (secondary N) is 1. The highest BCUT2D eigenvalue weighted by atomic mass is 16.2. The van der Waals surface area contributed by atoms with Gasteiger partial charge in [0.25, 0.3) is 5.91 Å². The van der Waals surface area contributed by atoms with Crippen molar-refractivity contribution in [1.29, 1.82) is 0 Å². The maximum atomic E-state index is 10.7. The van der Waals surface area contributed by atoms with Crippen LogP contribution in [0.3, 0.4) is 0 Å². The lowest BCUT2D eigenvalue weighted by Crippen LogP contribution is -2.44. The maximum Gasteiger partial charge on any atom is 0.250 e. The highest BCUT2D eigenvalue weighted by Crippen LogP contribution is 2.01. The van der Waals surface area contributed by atoms with Crippen molar-refractivity contribution in [3.8, 4) is 0 Å². The van der Waals surface area contributed by atoms with Crippen LogP contribution in [0.25, 0.3) is 0 Å². The van der Waals surface area contributed by atoms with Crippen molar-refractivity contribution in [1.82, 2.24) is 5.43 Å². The minimum atomic E-state index is -0.468. The van der Waals surface area contributed by atoms with Crippen LogP contribution in [0, 0.1) is 5.92 Å². The monoisotopic (exact) mass is 145 g/mol. The van der Waals surface area contributed by atoms with E-state index in [1.165, 1.54) is 0 Å². The number of hydrogen-bond acceptors (Lipinski definition) is 3. The molecule has 4 heteroatoms. The van der Waals surface area contributed by atoms with Crippen molar-refractivity contribution in [2.75, 3.05) is 0 Å². The number of hydrazine groups is 1. The number of carbonyl (C=O) groups excluding carboxylic acids is 1. The van der Waals surface area contributed by atoms with Gasteiger partial charge in [-0.15, -0.1) is 0 Å². The molecular weight excluding hydrogens is 130 g/mol. The van der Waals surface area contributed by atoms with Crippen LogP contribution in [0.5, 0.6) is 0 Å². The molecule has 5 N–H and O–H groups in total. The van der Waals surface area contributed by atoms with E-state index < -0.39 is 6.04 Å². The Hall–Kier alpha value is -0.610. The molecule has 0 aromatic carbocycles. The van der Waals surface area contributed by atoms with Crippen molar-refractivity contribution in [2.24, 2.45) is 17.5 Å². The fraction of sp³-hybridized carbons (Fsp3) is 0.833. The highest BCUT2D eigenvalue weighted by Gasteiger charge is 2.12. The van der Waals surface area contributed by atoms with E-state index in [1.54, 1.807) is 0 Å². The van der Waals surface area contributed by atoms with Gasteiger partial charge < -0.3 is 5.73 Å². The van der Waals surface area contributed by atoms with Crippen molar-refractivity contribution in [2.45, 2.75) is 26.3 Å². The number of nitrogens with two attached hydrogens (primary N) is 2. The summed E-state index contributed by atoms with van der Waals surface area (Å²) in [6.07, 6.45) is 0.670. The molecule has 0 aliphatic carbocycles. The first-order valence-corrected chi connectivity index (χ1v) is 3.34. The molecule has 4 nitrogen and oxygen atoms in total. The molecule has 0 spiro atoms. The van der Waals surface area contributed by atoms with E-state index >= 15 is 0 Å². The van der Waals surface area contributed by atoms with Gasteiger partial charge in [-0.1, -0.05) is 13.8 Å². The van der Waals surface area contributed by atoms with Crippen LogP contribution in [-0.4, -0.2) is 11.9 Å². The number of rotatable bonds is 3. The molecule has 0 unspecified atom stereocenters. The van der Waals surface area contributed by atoms with Gasteiger partial charge in [0.2, 0.25) is 0 Å². The van der Waals surface area contributed by atoms with Crippen LogP contribution in [-0.2, 0) is 4.79 Å². The number of carbonyl (C=O) groups is 1. The maximum absolute atomic E-state index is 10.7. The van der Waals surface area contributed by atoms with Gasteiger partial charge in [0.15, 0.2) is 0 Å². The van der Waals surface area contributed by atoms with E-state index in [9.17, 15) is 4.79 Å². The molecule has 10 heavy (non-hydrogen) atoms. The van der Waals surface area contributed by atoms with Gasteiger partial charge in [0.1, 0.15) is 0 Å². The highest BCUT2D eigenvalue weighted by molar-refractivity contribution is 5.80. The van der Waals surface area contributed by atoms with Crippen LogP contribution in [0.1, 0.15) is 20.3 Å². The first-order chi connectivity index (χ1) is 4.57. The van der Waals surface area contributed by atoms with E-state index in [0.717, 1.165) is 0 Å². The minimum absolute atomic E-state index is 0.297. The molecule has 0 bridgehead atoms. The van der Waals surface area contributed by atoms with E-state index in [-0.39, 0.29) is 5.91 Å². The molecule has 0 radical (unpaired) electrons. The Morgan fingerprint density at radius 2 is 2.10 bits per heavy atom. The van der Waals surface area contributed by atoms with Gasteiger partial charge in [0, 0.05) is 0 Å². The van der Waals surface area contributed by atoms with Crippen molar-refractivity contribution in [3.05, 3.63) is 0 Å². The average molecular weight is 145 g/mol. The Kier molecular flexibility index (Phi) is 3.99. The van der Waals surface area contributed by atoms with Crippen LogP contribution in [0.4, 0.5) is 0 Å². The van der Waals surface area contributed by atoms with Crippen molar-refractivity contribution < 1.29 is 4.79 Å². The third kappa shape index (κ3) is 3.42. The lowest BCUT2D eigenvalue weighted by molar-refractivity contribution is -0.122. The fourth-order valence-electron chi connectivity index (χ4n) is 0.722. The Morgan fingerprint density at radius 1 is 1.60 bits per heavy atom. The molecule has 0 saturated heterocycles. The lowest BCUT2D eigenvalue weighted by atomic mass is 10.0. The Morgan fingerprint density at radius 3 is 2.40 bits per heavy atom. The average Bonchev–Trinajstić information content (AvgIpc) is 1.85. The summed E-state index contributed by atoms with van der Waals surface area (Å²) in [5.74, 6) is 5.00. The van der Waals surface area contributed by atoms with E-state index in [1.807, 2.05) is 19.3 Å². The van der Waals surface area contributed by atoms with Gasteiger partial charge in [-0.05, 0) is 12.3 Å². The molecule has 0 aliphatic heterocycles. The van der Waals surface area contributed by atoms with Crippen LogP contribution in [0.15, 0.2) is 0 Å². The summed E-state index contributed by atoms with van der Waals surface area (Å²) >= 11 is 0.